The Morgan fingerprint density at radius 2 is 1.67 bits per heavy atom. The van der Waals surface area contributed by atoms with E-state index in [1.807, 2.05) is 0 Å². The largest absolute Gasteiger partial charge is 0.358 e. The Bertz CT molecular complexity index is 563. The Morgan fingerprint density at radius 1 is 1.05 bits per heavy atom. The first-order valence-corrected chi connectivity index (χ1v) is 7.61. The number of hydrogen-bond acceptors (Lipinski definition) is 2. The van der Waals surface area contributed by atoms with Crippen LogP contribution >= 0.6 is 0 Å². The Kier molecular flexibility index (Phi) is 3.82. The Labute approximate surface area is 124 Å². The molecule has 112 valence electrons. The molecule has 1 aromatic rings. The maximum absolute atomic E-state index is 12.0. The fourth-order valence-electron chi connectivity index (χ4n) is 3.37. The van der Waals surface area contributed by atoms with Crippen molar-refractivity contribution in [2.45, 2.75) is 38.5 Å². The van der Waals surface area contributed by atoms with Crippen LogP contribution in [0, 0.1) is 0 Å². The zero-order valence-corrected chi connectivity index (χ0v) is 12.3. The third-order valence-electron chi connectivity index (χ3n) is 4.40. The minimum Gasteiger partial charge on any atom is -0.358 e. The zero-order chi connectivity index (χ0) is 14.8. The molecule has 0 spiro atoms. The third kappa shape index (κ3) is 2.73. The van der Waals surface area contributed by atoms with Crippen molar-refractivity contribution < 1.29 is 9.59 Å². The molecule has 0 atom stereocenters. The number of aryl methyl sites for hydroxylation is 2. The summed E-state index contributed by atoms with van der Waals surface area (Å²) in [5, 5.41) is 8.08. The van der Waals surface area contributed by atoms with E-state index in [9.17, 15) is 9.59 Å². The van der Waals surface area contributed by atoms with Gasteiger partial charge in [-0.1, -0.05) is 6.07 Å². The van der Waals surface area contributed by atoms with Gasteiger partial charge >= 0.3 is 6.03 Å². The number of carbonyl (C=O) groups excluding carboxylic acids is 2. The molecule has 0 saturated heterocycles. The van der Waals surface area contributed by atoms with Crippen LogP contribution in [0.25, 0.3) is 0 Å². The summed E-state index contributed by atoms with van der Waals surface area (Å²) >= 11 is 0. The van der Waals surface area contributed by atoms with Gasteiger partial charge in [-0.05, 0) is 60.8 Å². The minimum absolute atomic E-state index is 0.000449. The van der Waals surface area contributed by atoms with E-state index in [0.29, 0.717) is 0 Å². The van der Waals surface area contributed by atoms with E-state index in [1.54, 1.807) is 7.05 Å². The molecule has 0 radical (unpaired) electrons. The summed E-state index contributed by atoms with van der Waals surface area (Å²) in [5.74, 6) is -0.200. The minimum atomic E-state index is -0.298. The van der Waals surface area contributed by atoms with Gasteiger partial charge in [0, 0.05) is 12.7 Å². The zero-order valence-electron chi connectivity index (χ0n) is 12.3. The molecule has 0 fully saturated rings. The maximum atomic E-state index is 12.0. The number of nitrogens with one attached hydrogen (secondary N) is 3. The van der Waals surface area contributed by atoms with Gasteiger partial charge in [0.25, 0.3) is 0 Å². The van der Waals surface area contributed by atoms with Crippen LogP contribution in [-0.2, 0) is 30.5 Å². The molecule has 3 rings (SSSR count). The van der Waals surface area contributed by atoms with E-state index in [-0.39, 0.29) is 18.5 Å². The molecular weight excluding hydrogens is 266 g/mol. The first-order valence-electron chi connectivity index (χ1n) is 7.61. The molecule has 2 aliphatic rings. The maximum Gasteiger partial charge on any atom is 0.319 e. The fraction of sp³-hybridized carbons (Fsp3) is 0.500. The molecule has 0 saturated carbocycles. The second-order valence-electron chi connectivity index (χ2n) is 5.71. The van der Waals surface area contributed by atoms with Crippen LogP contribution in [0.4, 0.5) is 10.5 Å². The van der Waals surface area contributed by atoms with E-state index in [1.165, 1.54) is 22.3 Å². The number of benzene rings is 1. The molecule has 2 aliphatic carbocycles. The number of rotatable bonds is 3. The molecule has 21 heavy (non-hydrogen) atoms. The van der Waals surface area contributed by atoms with Crippen LogP contribution in [0.5, 0.6) is 0 Å². The summed E-state index contributed by atoms with van der Waals surface area (Å²) in [7, 11) is 1.55. The summed E-state index contributed by atoms with van der Waals surface area (Å²) in [5.41, 5.74) is 6.37. The van der Waals surface area contributed by atoms with Gasteiger partial charge < -0.3 is 16.0 Å². The van der Waals surface area contributed by atoms with Gasteiger partial charge in [-0.15, -0.1) is 0 Å². The Hall–Kier alpha value is -2.04. The number of likely N-dealkylation sites (N-methyl/N-ethyl adjacent to an activating group) is 1. The molecule has 5 nitrogen and oxygen atoms in total. The highest BCUT2D eigenvalue weighted by atomic mass is 16.2. The molecule has 0 heterocycles. The highest BCUT2D eigenvalue weighted by Gasteiger charge is 2.24. The number of anilines is 1. The lowest BCUT2D eigenvalue weighted by molar-refractivity contribution is -0.119. The van der Waals surface area contributed by atoms with Crippen LogP contribution < -0.4 is 16.0 Å². The standard InChI is InChI=1S/C16H21N3O2/c1-17-14(20)9-18-16(21)19-15-12-6-2-4-10(12)8-11-5-3-7-13(11)15/h8H,2-7,9H2,1H3,(H,17,20)(H2,18,19,21). The van der Waals surface area contributed by atoms with Gasteiger partial charge in [-0.3, -0.25) is 4.79 Å². The van der Waals surface area contributed by atoms with Crippen molar-refractivity contribution in [3.05, 3.63) is 28.3 Å². The van der Waals surface area contributed by atoms with Crippen LogP contribution in [0.3, 0.4) is 0 Å². The van der Waals surface area contributed by atoms with Gasteiger partial charge in [-0.25, -0.2) is 4.79 Å². The van der Waals surface area contributed by atoms with E-state index >= 15 is 0 Å². The van der Waals surface area contributed by atoms with E-state index < -0.39 is 0 Å². The van der Waals surface area contributed by atoms with E-state index in [4.69, 9.17) is 0 Å². The van der Waals surface area contributed by atoms with Crippen LogP contribution in [0.15, 0.2) is 6.07 Å². The summed E-state index contributed by atoms with van der Waals surface area (Å²) in [4.78, 5) is 23.2. The normalized spacial score (nSPS) is 15.3. The molecule has 3 amide bonds. The SMILES string of the molecule is CNC(=O)CNC(=O)Nc1c2c(cc3c1CCC3)CCC2. The van der Waals surface area contributed by atoms with Gasteiger partial charge in [0.15, 0.2) is 0 Å². The number of hydrogen-bond donors (Lipinski definition) is 3. The first kappa shape index (κ1) is 13.9. The Balaban J connectivity index is 1.79. The molecule has 0 aromatic heterocycles. The number of carbonyl (C=O) groups is 2. The number of amides is 3. The highest BCUT2D eigenvalue weighted by Crippen LogP contribution is 2.38. The lowest BCUT2D eigenvalue weighted by Gasteiger charge is -2.16. The molecule has 0 bridgehead atoms. The predicted octanol–water partition coefficient (Wildman–Crippen LogP) is 1.53. The quantitative estimate of drug-likeness (QED) is 0.789. The van der Waals surface area contributed by atoms with Crippen molar-refractivity contribution in [3.8, 4) is 0 Å². The average Bonchev–Trinajstić information content (AvgIpc) is 3.12. The highest BCUT2D eigenvalue weighted by molar-refractivity contribution is 5.94. The summed E-state index contributed by atoms with van der Waals surface area (Å²) in [6.45, 7) is -0.000449. The van der Waals surface area contributed by atoms with Gasteiger partial charge in [0.1, 0.15) is 0 Å². The van der Waals surface area contributed by atoms with Crippen LogP contribution in [0.1, 0.15) is 35.1 Å². The smallest absolute Gasteiger partial charge is 0.319 e. The summed E-state index contributed by atoms with van der Waals surface area (Å²) in [6.07, 6.45) is 6.61. The molecule has 1 aromatic carbocycles. The van der Waals surface area contributed by atoms with Crippen molar-refractivity contribution in [1.29, 1.82) is 0 Å². The van der Waals surface area contributed by atoms with Crippen LogP contribution in [-0.4, -0.2) is 25.5 Å². The fourth-order valence-corrected chi connectivity index (χ4v) is 3.37. The average molecular weight is 287 g/mol. The lowest BCUT2D eigenvalue weighted by atomic mass is 9.99. The van der Waals surface area contributed by atoms with Gasteiger partial charge in [-0.2, -0.15) is 0 Å². The van der Waals surface area contributed by atoms with Gasteiger partial charge in [0.05, 0.1) is 6.54 Å². The summed E-state index contributed by atoms with van der Waals surface area (Å²) in [6, 6.07) is 2.03. The molecular formula is C16H21N3O2. The van der Waals surface area contributed by atoms with E-state index in [2.05, 4.69) is 22.0 Å². The van der Waals surface area contributed by atoms with Crippen molar-refractivity contribution in [2.24, 2.45) is 0 Å². The first-order chi connectivity index (χ1) is 10.2. The second-order valence-corrected chi connectivity index (χ2v) is 5.71. The second kappa shape index (κ2) is 5.76. The monoisotopic (exact) mass is 287 g/mol. The Morgan fingerprint density at radius 3 is 2.24 bits per heavy atom. The topological polar surface area (TPSA) is 70.2 Å². The van der Waals surface area contributed by atoms with Crippen molar-refractivity contribution in [3.63, 3.8) is 0 Å². The third-order valence-corrected chi connectivity index (χ3v) is 4.40. The van der Waals surface area contributed by atoms with Crippen molar-refractivity contribution >= 4 is 17.6 Å². The number of urea groups is 1. The molecule has 3 N–H and O–H groups in total. The molecule has 5 heteroatoms. The lowest BCUT2D eigenvalue weighted by Crippen LogP contribution is -2.37. The van der Waals surface area contributed by atoms with Crippen LogP contribution in [0.2, 0.25) is 0 Å². The van der Waals surface area contributed by atoms with Crippen molar-refractivity contribution in [2.75, 3.05) is 18.9 Å². The molecule has 0 unspecified atom stereocenters. The molecule has 0 aliphatic heterocycles. The summed E-state index contributed by atoms with van der Waals surface area (Å²) < 4.78 is 0. The van der Waals surface area contributed by atoms with Gasteiger partial charge in [0.2, 0.25) is 5.91 Å². The van der Waals surface area contributed by atoms with E-state index in [0.717, 1.165) is 44.2 Å². The van der Waals surface area contributed by atoms with Crippen molar-refractivity contribution in [1.82, 2.24) is 10.6 Å². The predicted molar refractivity (Wildman–Crippen MR) is 81.6 cm³/mol. The number of fused-ring (bicyclic) bond motifs is 2.